The molecule has 3 aromatic carbocycles. The van der Waals surface area contributed by atoms with Gasteiger partial charge in [-0.15, -0.1) is 0 Å². The Kier molecular flexibility index (Phi) is 6.88. The third kappa shape index (κ3) is 4.66. The summed E-state index contributed by atoms with van der Waals surface area (Å²) in [6, 6.07) is 23.0. The van der Waals surface area contributed by atoms with Gasteiger partial charge in [0.25, 0.3) is 5.91 Å². The summed E-state index contributed by atoms with van der Waals surface area (Å²) in [5.41, 5.74) is 9.30. The van der Waals surface area contributed by atoms with Gasteiger partial charge in [-0.25, -0.2) is 0 Å². The smallest absolute Gasteiger partial charge is 0.254 e. The maximum absolute atomic E-state index is 12.9. The van der Waals surface area contributed by atoms with Crippen molar-refractivity contribution in [3.8, 4) is 0 Å². The second-order valence-corrected chi connectivity index (χ2v) is 10.1. The van der Waals surface area contributed by atoms with E-state index in [2.05, 4.69) is 67.0 Å². The fourth-order valence-corrected chi connectivity index (χ4v) is 5.61. The lowest BCUT2D eigenvalue weighted by molar-refractivity contribution is 0.0590. The zero-order chi connectivity index (χ0) is 25.2. The molecule has 0 atom stereocenters. The van der Waals surface area contributed by atoms with Crippen LogP contribution in [0, 0.1) is 12.3 Å². The summed E-state index contributed by atoms with van der Waals surface area (Å²) in [6.45, 7) is 9.88. The maximum Gasteiger partial charge on any atom is 0.254 e. The molecule has 2 heterocycles. The van der Waals surface area contributed by atoms with Crippen molar-refractivity contribution in [1.29, 1.82) is 5.41 Å². The first kappa shape index (κ1) is 24.2. The minimum absolute atomic E-state index is 0.196. The average molecular weight is 478 g/mol. The van der Waals surface area contributed by atoms with Crippen LogP contribution in [0.4, 0.5) is 0 Å². The molecule has 0 spiro atoms. The number of piperidine rings is 1. The molecular weight excluding hydrogens is 442 g/mol. The Morgan fingerprint density at radius 2 is 1.69 bits per heavy atom. The summed E-state index contributed by atoms with van der Waals surface area (Å²) in [5.74, 6) is 0.196. The monoisotopic (exact) mass is 477 g/mol. The number of rotatable bonds is 6. The van der Waals surface area contributed by atoms with Crippen LogP contribution in [-0.4, -0.2) is 40.6 Å². The van der Waals surface area contributed by atoms with E-state index >= 15 is 0 Å². The van der Waals surface area contributed by atoms with Crippen molar-refractivity contribution in [1.82, 2.24) is 9.80 Å². The van der Waals surface area contributed by atoms with Gasteiger partial charge in [-0.2, -0.15) is 0 Å². The van der Waals surface area contributed by atoms with Crippen molar-refractivity contribution in [3.05, 3.63) is 112 Å². The Bertz CT molecular complexity index is 1330. The van der Waals surface area contributed by atoms with Crippen LogP contribution in [-0.2, 0) is 13.1 Å². The lowest BCUT2D eigenvalue weighted by Gasteiger charge is -2.36. The average Bonchev–Trinajstić information content (AvgIpc) is 3.25. The molecule has 1 amide bonds. The normalized spacial score (nSPS) is 16.9. The lowest BCUT2D eigenvalue weighted by atomic mass is 9.90. The third-order valence-corrected chi connectivity index (χ3v) is 7.88. The maximum atomic E-state index is 12.9. The molecule has 4 heteroatoms. The van der Waals surface area contributed by atoms with E-state index in [1.807, 2.05) is 36.4 Å². The zero-order valence-electron chi connectivity index (χ0n) is 21.6. The summed E-state index contributed by atoms with van der Waals surface area (Å²) in [6.07, 6.45) is 4.15. The van der Waals surface area contributed by atoms with Crippen LogP contribution >= 0.6 is 0 Å². The Labute approximate surface area is 214 Å². The number of hydrogen-bond acceptors (Lipinski definition) is 3. The highest BCUT2D eigenvalue weighted by atomic mass is 16.2. The first-order valence-electron chi connectivity index (χ1n) is 13.0. The highest BCUT2D eigenvalue weighted by Gasteiger charge is 2.34. The number of likely N-dealkylation sites (tertiary alicyclic amines) is 1. The Hall–Kier alpha value is -3.50. The molecule has 4 nitrogen and oxygen atoms in total. The number of allylic oxidation sites excluding steroid dienone is 2. The number of fused-ring (bicyclic) bond motifs is 1. The van der Waals surface area contributed by atoms with Crippen LogP contribution in [0.2, 0.25) is 0 Å². The molecule has 2 aliphatic heterocycles. The van der Waals surface area contributed by atoms with Crippen LogP contribution in [0.25, 0.3) is 5.57 Å². The van der Waals surface area contributed by atoms with Gasteiger partial charge in [-0.05, 0) is 73.6 Å². The van der Waals surface area contributed by atoms with E-state index in [4.69, 9.17) is 5.41 Å². The van der Waals surface area contributed by atoms with Crippen LogP contribution in [0.3, 0.4) is 0 Å². The van der Waals surface area contributed by atoms with Gasteiger partial charge in [-0.3, -0.25) is 15.1 Å². The number of carbonyl (C=O) groups is 1. The molecule has 0 unspecified atom stereocenters. The summed E-state index contributed by atoms with van der Waals surface area (Å²) in [7, 11) is 0. The van der Waals surface area contributed by atoms with E-state index in [1.54, 1.807) is 0 Å². The molecule has 2 aliphatic rings. The van der Waals surface area contributed by atoms with Gasteiger partial charge in [0.05, 0.1) is 5.71 Å². The van der Waals surface area contributed by atoms with E-state index in [1.165, 1.54) is 11.1 Å². The molecular formula is C32H35N3O. The molecule has 3 aromatic rings. The molecule has 0 bridgehead atoms. The van der Waals surface area contributed by atoms with Crippen molar-refractivity contribution < 1.29 is 4.79 Å². The molecule has 1 saturated heterocycles. The number of carbonyl (C=O) groups excluding carboxylic acids is 1. The predicted octanol–water partition coefficient (Wildman–Crippen LogP) is 6.45. The van der Waals surface area contributed by atoms with E-state index in [0.717, 1.165) is 72.4 Å². The number of amides is 1. The molecule has 0 aliphatic carbocycles. The number of nitrogens with one attached hydrogen (secondary N) is 1. The van der Waals surface area contributed by atoms with E-state index < -0.39 is 0 Å². The summed E-state index contributed by atoms with van der Waals surface area (Å²) < 4.78 is 0. The number of aryl methyl sites for hydroxylation is 1. The van der Waals surface area contributed by atoms with Crippen molar-refractivity contribution in [2.45, 2.75) is 52.7 Å². The van der Waals surface area contributed by atoms with E-state index in [0.29, 0.717) is 11.8 Å². The topological polar surface area (TPSA) is 47.4 Å². The third-order valence-electron chi connectivity index (χ3n) is 7.88. The molecule has 1 fully saturated rings. The highest BCUT2D eigenvalue weighted by molar-refractivity contribution is 6.14. The minimum Gasteiger partial charge on any atom is -0.331 e. The number of hydrogen-bond donors (Lipinski definition) is 1. The summed E-state index contributed by atoms with van der Waals surface area (Å²) >= 11 is 0. The van der Waals surface area contributed by atoms with Gasteiger partial charge in [0, 0.05) is 48.9 Å². The SMILES string of the molecule is C/C=C(\C)c1cc(CN2CCC(N3Cc4ccccc4C3=O)CC2)ccc1C(=N)c1ccccc1C. The van der Waals surface area contributed by atoms with E-state index in [-0.39, 0.29) is 5.91 Å². The van der Waals surface area contributed by atoms with Gasteiger partial charge in [0.1, 0.15) is 0 Å². The fraction of sp³-hybridized carbons (Fsp3) is 0.312. The minimum atomic E-state index is 0.196. The lowest BCUT2D eigenvalue weighted by Crippen LogP contribution is -2.44. The first-order chi connectivity index (χ1) is 17.5. The highest BCUT2D eigenvalue weighted by Crippen LogP contribution is 2.30. The number of benzene rings is 3. The van der Waals surface area contributed by atoms with Gasteiger partial charge in [-0.1, -0.05) is 60.7 Å². The van der Waals surface area contributed by atoms with Crippen LogP contribution in [0.5, 0.6) is 0 Å². The fourth-order valence-electron chi connectivity index (χ4n) is 5.61. The molecule has 36 heavy (non-hydrogen) atoms. The molecule has 0 aromatic heterocycles. The molecule has 1 N–H and O–H groups in total. The van der Waals surface area contributed by atoms with Crippen LogP contribution < -0.4 is 0 Å². The van der Waals surface area contributed by atoms with Gasteiger partial charge < -0.3 is 4.90 Å². The molecule has 184 valence electrons. The zero-order valence-corrected chi connectivity index (χ0v) is 21.6. The molecule has 0 saturated carbocycles. The Morgan fingerprint density at radius 1 is 0.972 bits per heavy atom. The number of nitrogens with zero attached hydrogens (tertiary/aromatic N) is 2. The van der Waals surface area contributed by atoms with Gasteiger partial charge in [0.15, 0.2) is 0 Å². The van der Waals surface area contributed by atoms with Crippen molar-refractivity contribution in [3.63, 3.8) is 0 Å². The molecule has 5 rings (SSSR count). The summed E-state index contributed by atoms with van der Waals surface area (Å²) in [5, 5.41) is 8.94. The standard InChI is InChI=1S/C32H35N3O/c1-4-22(2)30-19-24(13-14-29(30)31(33)27-11-7-5-9-23(27)3)20-34-17-15-26(16-18-34)35-21-25-10-6-8-12-28(25)32(35)36/h4-14,19,26,33H,15-18,20-21H2,1-3H3/b22-4+,33-31?. The van der Waals surface area contributed by atoms with Crippen molar-refractivity contribution in [2.75, 3.05) is 13.1 Å². The largest absolute Gasteiger partial charge is 0.331 e. The molecule has 0 radical (unpaired) electrons. The second-order valence-electron chi connectivity index (χ2n) is 10.1. The quantitative estimate of drug-likeness (QED) is 0.415. The van der Waals surface area contributed by atoms with Crippen LogP contribution in [0.1, 0.15) is 70.4 Å². The predicted molar refractivity (Wildman–Crippen MR) is 147 cm³/mol. The van der Waals surface area contributed by atoms with Gasteiger partial charge in [0.2, 0.25) is 0 Å². The van der Waals surface area contributed by atoms with Crippen molar-refractivity contribution in [2.24, 2.45) is 0 Å². The Morgan fingerprint density at radius 3 is 2.42 bits per heavy atom. The first-order valence-corrected chi connectivity index (χ1v) is 13.0. The second kappa shape index (κ2) is 10.2. The van der Waals surface area contributed by atoms with Gasteiger partial charge >= 0.3 is 0 Å². The van der Waals surface area contributed by atoms with Crippen molar-refractivity contribution >= 4 is 17.2 Å². The summed E-state index contributed by atoms with van der Waals surface area (Å²) in [4.78, 5) is 17.5. The van der Waals surface area contributed by atoms with Crippen LogP contribution in [0.15, 0.2) is 72.8 Å². The van der Waals surface area contributed by atoms with E-state index in [9.17, 15) is 4.79 Å². The Balaban J connectivity index is 1.28.